The van der Waals surface area contributed by atoms with E-state index >= 15 is 0 Å². The molecule has 0 saturated heterocycles. The van der Waals surface area contributed by atoms with Crippen molar-refractivity contribution in [2.75, 3.05) is 46.6 Å². The molecular weight excluding hydrogens is 285 g/mol. The van der Waals surface area contributed by atoms with Crippen LogP contribution in [0, 0.1) is 0 Å². The van der Waals surface area contributed by atoms with Crippen LogP contribution in [0.5, 0.6) is 0 Å². The highest BCUT2D eigenvalue weighted by molar-refractivity contribution is 6.35. The quantitative estimate of drug-likeness (QED) is 0.526. The molecule has 0 spiro atoms. The minimum atomic E-state index is 0.511. The van der Waals surface area contributed by atoms with Crippen molar-refractivity contribution in [2.24, 2.45) is 4.99 Å². The summed E-state index contributed by atoms with van der Waals surface area (Å²) in [6.45, 7) is 1.28. The summed E-state index contributed by atoms with van der Waals surface area (Å²) in [5.74, 6) is 1.54. The highest BCUT2D eigenvalue weighted by Gasteiger charge is 2.04. The first kappa shape index (κ1) is 15.9. The van der Waals surface area contributed by atoms with Gasteiger partial charge in [0.25, 0.3) is 0 Å². The van der Waals surface area contributed by atoms with Gasteiger partial charge in [0, 0.05) is 40.9 Å². The van der Waals surface area contributed by atoms with Gasteiger partial charge in [-0.15, -0.1) is 0 Å². The molecule has 106 valence electrons. The SMILES string of the molecule is CN(C)C(=NCCNc1ncc(Cl)cc1Cl)N(C)C. The maximum atomic E-state index is 6.01. The molecule has 7 heteroatoms. The Morgan fingerprint density at radius 1 is 1.26 bits per heavy atom. The van der Waals surface area contributed by atoms with Crippen LogP contribution in [-0.2, 0) is 0 Å². The zero-order chi connectivity index (χ0) is 14.4. The van der Waals surface area contributed by atoms with Crippen LogP contribution in [0.2, 0.25) is 10.0 Å². The summed E-state index contributed by atoms with van der Waals surface area (Å²) in [4.78, 5) is 12.5. The zero-order valence-electron chi connectivity index (χ0n) is 11.6. The van der Waals surface area contributed by atoms with E-state index in [-0.39, 0.29) is 0 Å². The normalized spacial score (nSPS) is 10.0. The molecule has 0 saturated carbocycles. The predicted octanol–water partition coefficient (Wildman–Crippen LogP) is 2.28. The molecule has 0 fully saturated rings. The van der Waals surface area contributed by atoms with Crippen LogP contribution in [0.4, 0.5) is 5.82 Å². The highest BCUT2D eigenvalue weighted by Crippen LogP contribution is 2.22. The Bertz CT molecular complexity index is 436. The van der Waals surface area contributed by atoms with Crippen molar-refractivity contribution in [3.05, 3.63) is 22.3 Å². The van der Waals surface area contributed by atoms with Crippen molar-refractivity contribution in [3.8, 4) is 0 Å². The zero-order valence-corrected chi connectivity index (χ0v) is 13.1. The van der Waals surface area contributed by atoms with Gasteiger partial charge in [0.15, 0.2) is 5.96 Å². The molecule has 0 aliphatic rings. The van der Waals surface area contributed by atoms with Gasteiger partial charge in [-0.3, -0.25) is 4.99 Å². The Morgan fingerprint density at radius 3 is 2.42 bits per heavy atom. The van der Waals surface area contributed by atoms with Gasteiger partial charge in [0.1, 0.15) is 5.82 Å². The molecule has 1 aromatic rings. The Labute approximate surface area is 124 Å². The Kier molecular flexibility index (Phi) is 6.18. The third kappa shape index (κ3) is 5.12. The van der Waals surface area contributed by atoms with E-state index in [1.165, 1.54) is 0 Å². The fraction of sp³-hybridized carbons (Fsp3) is 0.500. The smallest absolute Gasteiger partial charge is 0.195 e. The molecule has 1 aromatic heterocycles. The van der Waals surface area contributed by atoms with Gasteiger partial charge in [-0.25, -0.2) is 4.98 Å². The molecule has 0 atom stereocenters. The summed E-state index contributed by atoms with van der Waals surface area (Å²) in [5, 5.41) is 4.16. The molecule has 5 nitrogen and oxygen atoms in total. The van der Waals surface area contributed by atoms with E-state index in [2.05, 4.69) is 15.3 Å². The van der Waals surface area contributed by atoms with E-state index in [0.29, 0.717) is 29.0 Å². The third-order valence-electron chi connectivity index (χ3n) is 2.27. The molecule has 19 heavy (non-hydrogen) atoms. The van der Waals surface area contributed by atoms with Gasteiger partial charge in [-0.1, -0.05) is 23.2 Å². The van der Waals surface area contributed by atoms with Crippen LogP contribution in [0.3, 0.4) is 0 Å². The number of hydrogen-bond donors (Lipinski definition) is 1. The second-order valence-electron chi connectivity index (χ2n) is 4.38. The lowest BCUT2D eigenvalue weighted by molar-refractivity contribution is 0.480. The summed E-state index contributed by atoms with van der Waals surface area (Å²) >= 11 is 11.8. The van der Waals surface area contributed by atoms with Crippen molar-refractivity contribution in [1.29, 1.82) is 0 Å². The molecule has 1 heterocycles. The Balaban J connectivity index is 2.52. The number of anilines is 1. The maximum absolute atomic E-state index is 6.01. The van der Waals surface area contributed by atoms with Crippen molar-refractivity contribution in [3.63, 3.8) is 0 Å². The number of nitrogens with zero attached hydrogens (tertiary/aromatic N) is 4. The van der Waals surface area contributed by atoms with Crippen molar-refractivity contribution >= 4 is 35.0 Å². The summed E-state index contributed by atoms with van der Waals surface area (Å²) in [6, 6.07) is 1.66. The average molecular weight is 304 g/mol. The third-order valence-corrected chi connectivity index (χ3v) is 2.76. The van der Waals surface area contributed by atoms with E-state index in [1.807, 2.05) is 38.0 Å². The van der Waals surface area contributed by atoms with E-state index in [0.717, 1.165) is 5.96 Å². The first-order valence-electron chi connectivity index (χ1n) is 5.86. The van der Waals surface area contributed by atoms with Gasteiger partial charge in [-0.05, 0) is 6.07 Å². The number of nitrogens with one attached hydrogen (secondary N) is 1. The number of guanidine groups is 1. The van der Waals surface area contributed by atoms with Crippen LogP contribution in [0.15, 0.2) is 17.3 Å². The Morgan fingerprint density at radius 2 is 1.89 bits per heavy atom. The topological polar surface area (TPSA) is 43.8 Å². The second-order valence-corrected chi connectivity index (χ2v) is 5.22. The van der Waals surface area contributed by atoms with Crippen molar-refractivity contribution < 1.29 is 0 Å². The van der Waals surface area contributed by atoms with Gasteiger partial charge in [0.2, 0.25) is 0 Å². The summed E-state index contributed by atoms with van der Waals surface area (Å²) in [6.07, 6.45) is 1.56. The van der Waals surface area contributed by atoms with Crippen LogP contribution in [0.1, 0.15) is 0 Å². The first-order valence-corrected chi connectivity index (χ1v) is 6.61. The molecule has 0 aromatic carbocycles. The molecular formula is C12H19Cl2N5. The maximum Gasteiger partial charge on any atom is 0.195 e. The lowest BCUT2D eigenvalue weighted by Crippen LogP contribution is -2.35. The van der Waals surface area contributed by atoms with E-state index in [9.17, 15) is 0 Å². The fourth-order valence-electron chi connectivity index (χ4n) is 1.56. The van der Waals surface area contributed by atoms with Gasteiger partial charge in [-0.2, -0.15) is 0 Å². The molecule has 1 N–H and O–H groups in total. The monoisotopic (exact) mass is 303 g/mol. The number of rotatable bonds is 4. The molecule has 0 bridgehead atoms. The molecule has 1 rings (SSSR count). The summed E-state index contributed by atoms with van der Waals surface area (Å²) in [7, 11) is 7.85. The lowest BCUT2D eigenvalue weighted by Gasteiger charge is -2.22. The van der Waals surface area contributed by atoms with Gasteiger partial charge >= 0.3 is 0 Å². The van der Waals surface area contributed by atoms with E-state index < -0.39 is 0 Å². The van der Waals surface area contributed by atoms with Crippen LogP contribution in [0.25, 0.3) is 0 Å². The number of aliphatic imine (C=N–C) groups is 1. The highest BCUT2D eigenvalue weighted by atomic mass is 35.5. The lowest BCUT2D eigenvalue weighted by atomic mass is 10.4. The van der Waals surface area contributed by atoms with Crippen molar-refractivity contribution in [1.82, 2.24) is 14.8 Å². The summed E-state index contributed by atoms with van der Waals surface area (Å²) in [5.41, 5.74) is 0. The molecule has 0 aliphatic carbocycles. The molecule has 0 radical (unpaired) electrons. The van der Waals surface area contributed by atoms with Crippen LogP contribution >= 0.6 is 23.2 Å². The number of aromatic nitrogens is 1. The van der Waals surface area contributed by atoms with Crippen LogP contribution in [-0.4, -0.2) is 62.0 Å². The minimum absolute atomic E-state index is 0.511. The number of pyridine rings is 1. The van der Waals surface area contributed by atoms with E-state index in [1.54, 1.807) is 12.3 Å². The first-order chi connectivity index (χ1) is 8.91. The summed E-state index contributed by atoms with van der Waals surface area (Å²) < 4.78 is 0. The Hall–Kier alpha value is -1.20. The van der Waals surface area contributed by atoms with Crippen molar-refractivity contribution in [2.45, 2.75) is 0 Å². The number of halogens is 2. The largest absolute Gasteiger partial charge is 0.367 e. The van der Waals surface area contributed by atoms with Crippen LogP contribution < -0.4 is 5.32 Å². The molecule has 0 amide bonds. The number of hydrogen-bond acceptors (Lipinski definition) is 3. The van der Waals surface area contributed by atoms with Gasteiger partial charge in [0.05, 0.1) is 16.6 Å². The van der Waals surface area contributed by atoms with Gasteiger partial charge < -0.3 is 15.1 Å². The second kappa shape index (κ2) is 7.40. The molecule has 0 aliphatic heterocycles. The predicted molar refractivity (Wildman–Crippen MR) is 82.4 cm³/mol. The standard InChI is InChI=1S/C12H19Cl2N5/c1-18(2)12(19(3)4)16-6-5-15-11-10(14)7-9(13)8-17-11/h7-8H,5-6H2,1-4H3,(H,15,17). The molecule has 0 unspecified atom stereocenters. The average Bonchev–Trinajstić information content (AvgIpc) is 2.30. The minimum Gasteiger partial charge on any atom is -0.367 e. The fourth-order valence-corrected chi connectivity index (χ4v) is 2.00. The van der Waals surface area contributed by atoms with E-state index in [4.69, 9.17) is 23.2 Å².